The molecule has 0 aromatic heterocycles. The van der Waals surface area contributed by atoms with E-state index in [-0.39, 0.29) is 5.54 Å². The molecule has 2 nitrogen and oxygen atoms in total. The van der Waals surface area contributed by atoms with Crippen molar-refractivity contribution in [2.75, 3.05) is 13.1 Å². The summed E-state index contributed by atoms with van der Waals surface area (Å²) in [6.07, 6.45) is 3.74. The van der Waals surface area contributed by atoms with Crippen LogP contribution in [0.1, 0.15) is 45.6 Å². The molecule has 0 spiro atoms. The van der Waals surface area contributed by atoms with Gasteiger partial charge in [-0.1, -0.05) is 37.3 Å². The average molecular weight is 260 g/mol. The molecule has 1 saturated heterocycles. The number of benzene rings is 1. The van der Waals surface area contributed by atoms with Crippen LogP contribution in [0.25, 0.3) is 0 Å². The van der Waals surface area contributed by atoms with Crippen molar-refractivity contribution in [3.8, 4) is 0 Å². The molecule has 1 aliphatic heterocycles. The van der Waals surface area contributed by atoms with Gasteiger partial charge < -0.3 is 5.32 Å². The third-order valence-electron chi connectivity index (χ3n) is 4.32. The van der Waals surface area contributed by atoms with Gasteiger partial charge in [0.05, 0.1) is 0 Å². The number of likely N-dealkylation sites (tertiary alicyclic amines) is 1. The van der Waals surface area contributed by atoms with Crippen LogP contribution in [-0.4, -0.2) is 29.6 Å². The van der Waals surface area contributed by atoms with E-state index in [9.17, 15) is 0 Å². The van der Waals surface area contributed by atoms with E-state index in [1.165, 1.54) is 37.9 Å². The van der Waals surface area contributed by atoms with Gasteiger partial charge in [0.15, 0.2) is 0 Å². The second-order valence-electron chi connectivity index (χ2n) is 6.42. The molecule has 0 amide bonds. The van der Waals surface area contributed by atoms with Crippen molar-refractivity contribution in [2.45, 2.75) is 58.2 Å². The van der Waals surface area contributed by atoms with E-state index in [2.05, 4.69) is 61.3 Å². The molecule has 1 aromatic carbocycles. The first-order valence-electron chi connectivity index (χ1n) is 7.63. The molecule has 0 aliphatic carbocycles. The van der Waals surface area contributed by atoms with Crippen LogP contribution in [0.5, 0.6) is 0 Å². The summed E-state index contributed by atoms with van der Waals surface area (Å²) in [4.78, 5) is 2.58. The quantitative estimate of drug-likeness (QED) is 0.872. The van der Waals surface area contributed by atoms with Crippen LogP contribution in [0, 0.1) is 0 Å². The molecule has 1 N–H and O–H groups in total. The molecule has 1 aromatic rings. The highest BCUT2D eigenvalue weighted by Gasteiger charge is 2.24. The Balaban J connectivity index is 1.77. The van der Waals surface area contributed by atoms with E-state index in [1.54, 1.807) is 0 Å². The van der Waals surface area contributed by atoms with Crippen molar-refractivity contribution in [1.82, 2.24) is 10.2 Å². The fraction of sp³-hybridized carbons (Fsp3) is 0.647. The summed E-state index contributed by atoms with van der Waals surface area (Å²) >= 11 is 0. The van der Waals surface area contributed by atoms with Crippen LogP contribution in [0.3, 0.4) is 0 Å². The van der Waals surface area contributed by atoms with Crippen LogP contribution in [0.15, 0.2) is 30.3 Å². The maximum atomic E-state index is 3.80. The van der Waals surface area contributed by atoms with E-state index in [4.69, 9.17) is 0 Å². The third-order valence-corrected chi connectivity index (χ3v) is 4.32. The van der Waals surface area contributed by atoms with Crippen molar-refractivity contribution in [1.29, 1.82) is 0 Å². The maximum Gasteiger partial charge on any atom is 0.0233 e. The predicted molar refractivity (Wildman–Crippen MR) is 82.2 cm³/mol. The zero-order valence-corrected chi connectivity index (χ0v) is 12.7. The molecule has 0 atom stereocenters. The Hall–Kier alpha value is -0.860. The lowest BCUT2D eigenvalue weighted by Gasteiger charge is -2.37. The number of piperidine rings is 1. The van der Waals surface area contributed by atoms with E-state index < -0.39 is 0 Å². The van der Waals surface area contributed by atoms with Crippen LogP contribution in [0.2, 0.25) is 0 Å². The van der Waals surface area contributed by atoms with Crippen LogP contribution < -0.4 is 5.32 Å². The smallest absolute Gasteiger partial charge is 0.0233 e. The summed E-state index contributed by atoms with van der Waals surface area (Å²) in [5.41, 5.74) is 1.72. The van der Waals surface area contributed by atoms with Gasteiger partial charge in [-0.2, -0.15) is 0 Å². The summed E-state index contributed by atoms with van der Waals surface area (Å²) in [5.74, 6) is 0. The molecule has 2 heteroatoms. The highest BCUT2D eigenvalue weighted by molar-refractivity contribution is 5.14. The second-order valence-corrected chi connectivity index (χ2v) is 6.42. The zero-order chi connectivity index (χ0) is 13.7. The normalized spacial score (nSPS) is 18.7. The Morgan fingerprint density at radius 1 is 1.16 bits per heavy atom. The summed E-state index contributed by atoms with van der Waals surface area (Å²) in [7, 11) is 0. The minimum absolute atomic E-state index is 0.284. The Bertz CT molecular complexity index is 364. The summed E-state index contributed by atoms with van der Waals surface area (Å²) in [5, 5.41) is 3.80. The van der Waals surface area contributed by atoms with Gasteiger partial charge in [-0.3, -0.25) is 4.90 Å². The average Bonchev–Trinajstić information content (AvgIpc) is 2.42. The number of nitrogens with one attached hydrogen (secondary N) is 1. The Morgan fingerprint density at radius 2 is 1.79 bits per heavy atom. The third kappa shape index (κ3) is 4.63. The van der Waals surface area contributed by atoms with Crippen molar-refractivity contribution in [2.24, 2.45) is 0 Å². The largest absolute Gasteiger partial charge is 0.309 e. The lowest BCUT2D eigenvalue weighted by molar-refractivity contribution is 0.170. The molecular weight excluding hydrogens is 232 g/mol. The molecule has 0 unspecified atom stereocenters. The molecule has 1 fully saturated rings. The molecule has 106 valence electrons. The molecule has 2 rings (SSSR count). The minimum Gasteiger partial charge on any atom is -0.309 e. The number of hydrogen-bond acceptors (Lipinski definition) is 2. The lowest BCUT2D eigenvalue weighted by Crippen LogP contribution is -2.50. The lowest BCUT2D eigenvalue weighted by atomic mass is 9.96. The number of nitrogens with zero attached hydrogens (tertiary/aromatic N) is 1. The highest BCUT2D eigenvalue weighted by Crippen LogP contribution is 2.17. The fourth-order valence-electron chi connectivity index (χ4n) is 2.73. The highest BCUT2D eigenvalue weighted by atomic mass is 15.1. The molecule has 1 heterocycles. The molecule has 19 heavy (non-hydrogen) atoms. The predicted octanol–water partition coefficient (Wildman–Crippen LogP) is 3.43. The summed E-state index contributed by atoms with van der Waals surface area (Å²) in [6, 6.07) is 11.5. The first kappa shape index (κ1) is 14.5. The van der Waals surface area contributed by atoms with Gasteiger partial charge in [0, 0.05) is 18.1 Å². The Morgan fingerprint density at radius 3 is 2.37 bits per heavy atom. The molecule has 0 saturated carbocycles. The SMILES string of the molecule is CCC(C)(C)NC1CCN(Cc2ccccc2)CC1. The molecule has 0 bridgehead atoms. The van der Waals surface area contributed by atoms with Gasteiger partial charge in [0.1, 0.15) is 0 Å². The second kappa shape index (κ2) is 6.53. The molecule has 1 aliphatic rings. The topological polar surface area (TPSA) is 15.3 Å². The van der Waals surface area contributed by atoms with Crippen LogP contribution in [-0.2, 0) is 6.54 Å². The first-order valence-corrected chi connectivity index (χ1v) is 7.63. The van der Waals surface area contributed by atoms with Crippen LogP contribution >= 0.6 is 0 Å². The van der Waals surface area contributed by atoms with E-state index >= 15 is 0 Å². The standard InChI is InChI=1S/C17H28N2/c1-4-17(2,3)18-16-10-12-19(13-11-16)14-15-8-6-5-7-9-15/h5-9,16,18H,4,10-14H2,1-3H3. The Labute approximate surface area is 118 Å². The number of rotatable bonds is 5. The maximum absolute atomic E-state index is 3.80. The molecular formula is C17H28N2. The van der Waals surface area contributed by atoms with Crippen molar-refractivity contribution >= 4 is 0 Å². The zero-order valence-electron chi connectivity index (χ0n) is 12.7. The van der Waals surface area contributed by atoms with E-state index in [0.717, 1.165) is 6.54 Å². The summed E-state index contributed by atoms with van der Waals surface area (Å²) in [6.45, 7) is 10.4. The van der Waals surface area contributed by atoms with Gasteiger partial charge in [0.25, 0.3) is 0 Å². The monoisotopic (exact) mass is 260 g/mol. The fourth-order valence-corrected chi connectivity index (χ4v) is 2.73. The number of hydrogen-bond donors (Lipinski definition) is 1. The van der Waals surface area contributed by atoms with Crippen LogP contribution in [0.4, 0.5) is 0 Å². The first-order chi connectivity index (χ1) is 9.09. The van der Waals surface area contributed by atoms with Crippen molar-refractivity contribution < 1.29 is 0 Å². The minimum atomic E-state index is 0.284. The van der Waals surface area contributed by atoms with Gasteiger partial charge in [0.2, 0.25) is 0 Å². The van der Waals surface area contributed by atoms with Crippen molar-refractivity contribution in [3.05, 3.63) is 35.9 Å². The van der Waals surface area contributed by atoms with Gasteiger partial charge in [-0.05, 0) is 51.8 Å². The van der Waals surface area contributed by atoms with Crippen molar-refractivity contribution in [3.63, 3.8) is 0 Å². The Kier molecular flexibility index (Phi) is 5.00. The van der Waals surface area contributed by atoms with Gasteiger partial charge in [-0.15, -0.1) is 0 Å². The van der Waals surface area contributed by atoms with E-state index in [1.807, 2.05) is 0 Å². The van der Waals surface area contributed by atoms with Gasteiger partial charge in [-0.25, -0.2) is 0 Å². The summed E-state index contributed by atoms with van der Waals surface area (Å²) < 4.78 is 0. The van der Waals surface area contributed by atoms with E-state index in [0.29, 0.717) is 6.04 Å². The molecule has 0 radical (unpaired) electrons. The van der Waals surface area contributed by atoms with Gasteiger partial charge >= 0.3 is 0 Å².